The summed E-state index contributed by atoms with van der Waals surface area (Å²) in [5, 5.41) is 0. The lowest BCUT2D eigenvalue weighted by atomic mass is 9.89. The Bertz CT molecular complexity index is 1780. The molecular formula is C37H28FNO2. The van der Waals surface area contributed by atoms with Crippen LogP contribution in [0.15, 0.2) is 134 Å². The molecule has 0 aliphatic rings. The van der Waals surface area contributed by atoms with Crippen molar-refractivity contribution in [2.45, 2.75) is 0 Å². The van der Waals surface area contributed by atoms with E-state index < -0.39 is 0 Å². The number of halogens is 1. The zero-order valence-corrected chi connectivity index (χ0v) is 22.8. The number of nitrogens with zero attached hydrogens (tertiary/aromatic N) is 1. The van der Waals surface area contributed by atoms with Gasteiger partial charge in [-0.25, -0.2) is 4.39 Å². The molecule has 5 aromatic carbocycles. The van der Waals surface area contributed by atoms with E-state index in [2.05, 4.69) is 54.6 Å². The summed E-state index contributed by atoms with van der Waals surface area (Å²) < 4.78 is 25.8. The third kappa shape index (κ3) is 5.45. The maximum Gasteiger partial charge on any atom is 0.123 e. The molecule has 4 heteroatoms. The molecule has 0 bridgehead atoms. The summed E-state index contributed by atoms with van der Waals surface area (Å²) in [7, 11) is 3.21. The van der Waals surface area contributed by atoms with Gasteiger partial charge in [-0.1, -0.05) is 91.0 Å². The predicted octanol–water partition coefficient (Wildman–Crippen LogP) is 9.57. The highest BCUT2D eigenvalue weighted by atomic mass is 19.1. The van der Waals surface area contributed by atoms with Crippen molar-refractivity contribution < 1.29 is 13.9 Å². The SMILES string of the molecule is COc1cc(OC)cc(-c2cc(F)ccc2-c2cnc(-c3ccccc3)cc2-c2ccc(-c3ccccc3)cc2)c1. The summed E-state index contributed by atoms with van der Waals surface area (Å²) in [5.74, 6) is 0.931. The van der Waals surface area contributed by atoms with Gasteiger partial charge in [-0.15, -0.1) is 0 Å². The van der Waals surface area contributed by atoms with E-state index in [-0.39, 0.29) is 5.82 Å². The molecule has 0 aliphatic heterocycles. The Kier molecular flexibility index (Phi) is 7.29. The fraction of sp³-hybridized carbons (Fsp3) is 0.0541. The van der Waals surface area contributed by atoms with E-state index in [9.17, 15) is 4.39 Å². The summed E-state index contributed by atoms with van der Waals surface area (Å²) in [5.41, 5.74) is 9.49. The van der Waals surface area contributed by atoms with Crippen molar-refractivity contribution in [2.24, 2.45) is 0 Å². The molecule has 6 aromatic rings. The van der Waals surface area contributed by atoms with Crippen molar-refractivity contribution in [2.75, 3.05) is 14.2 Å². The topological polar surface area (TPSA) is 31.4 Å². The highest BCUT2D eigenvalue weighted by Crippen LogP contribution is 2.41. The normalized spacial score (nSPS) is 10.8. The molecule has 200 valence electrons. The molecule has 0 atom stereocenters. The van der Waals surface area contributed by atoms with Crippen LogP contribution >= 0.6 is 0 Å². The molecular weight excluding hydrogens is 509 g/mol. The molecule has 1 heterocycles. The van der Waals surface area contributed by atoms with Crippen LogP contribution in [0.2, 0.25) is 0 Å². The quantitative estimate of drug-likeness (QED) is 0.203. The van der Waals surface area contributed by atoms with Gasteiger partial charge >= 0.3 is 0 Å². The van der Waals surface area contributed by atoms with Crippen molar-refractivity contribution in [3.05, 3.63) is 139 Å². The highest BCUT2D eigenvalue weighted by Gasteiger charge is 2.17. The number of methoxy groups -OCH3 is 2. The fourth-order valence-electron chi connectivity index (χ4n) is 5.10. The number of rotatable bonds is 7. The second-order valence-corrected chi connectivity index (χ2v) is 9.72. The van der Waals surface area contributed by atoms with E-state index in [1.165, 1.54) is 6.07 Å². The fourth-order valence-corrected chi connectivity index (χ4v) is 5.10. The first kappa shape index (κ1) is 26.0. The summed E-state index contributed by atoms with van der Waals surface area (Å²) >= 11 is 0. The number of hydrogen-bond acceptors (Lipinski definition) is 3. The second-order valence-electron chi connectivity index (χ2n) is 9.72. The van der Waals surface area contributed by atoms with Gasteiger partial charge in [0.15, 0.2) is 0 Å². The van der Waals surface area contributed by atoms with Crippen LogP contribution in [0.1, 0.15) is 0 Å². The number of aromatic nitrogens is 1. The van der Waals surface area contributed by atoms with Gasteiger partial charge in [-0.05, 0) is 69.3 Å². The lowest BCUT2D eigenvalue weighted by Gasteiger charge is -2.17. The minimum atomic E-state index is -0.326. The second kappa shape index (κ2) is 11.5. The minimum Gasteiger partial charge on any atom is -0.497 e. The molecule has 6 rings (SSSR count). The first-order valence-electron chi connectivity index (χ1n) is 13.4. The number of hydrogen-bond donors (Lipinski definition) is 0. The van der Waals surface area contributed by atoms with Gasteiger partial charge in [-0.3, -0.25) is 4.98 Å². The summed E-state index contributed by atoms with van der Waals surface area (Å²) in [4.78, 5) is 4.86. The van der Waals surface area contributed by atoms with E-state index in [0.717, 1.165) is 55.8 Å². The van der Waals surface area contributed by atoms with Gasteiger partial charge in [-0.2, -0.15) is 0 Å². The molecule has 41 heavy (non-hydrogen) atoms. The Morgan fingerprint density at radius 3 is 1.66 bits per heavy atom. The Morgan fingerprint density at radius 2 is 1.02 bits per heavy atom. The standard InChI is InChI=1S/C37H28FNO2/c1-40-31-19-29(20-32(22-31)41-2)34-21-30(38)17-18-33(34)36-24-39-37(28-11-7-4-8-12-28)23-35(36)27-15-13-26(14-16-27)25-9-5-3-6-10-25/h3-24H,1-2H3. The minimum absolute atomic E-state index is 0.326. The molecule has 0 aliphatic carbocycles. The Labute approximate surface area is 239 Å². The zero-order chi connectivity index (χ0) is 28.2. The van der Waals surface area contributed by atoms with Crippen molar-refractivity contribution >= 4 is 0 Å². The molecule has 0 fully saturated rings. The molecule has 0 saturated carbocycles. The third-order valence-electron chi connectivity index (χ3n) is 7.21. The molecule has 0 unspecified atom stereocenters. The predicted molar refractivity (Wildman–Crippen MR) is 164 cm³/mol. The van der Waals surface area contributed by atoms with Gasteiger partial charge in [0.25, 0.3) is 0 Å². The van der Waals surface area contributed by atoms with Gasteiger partial charge < -0.3 is 9.47 Å². The van der Waals surface area contributed by atoms with Crippen molar-refractivity contribution in [3.8, 4) is 67.3 Å². The Hall–Kier alpha value is -5.22. The first-order chi connectivity index (χ1) is 20.1. The van der Waals surface area contributed by atoms with Crippen molar-refractivity contribution in [1.82, 2.24) is 4.98 Å². The molecule has 1 aromatic heterocycles. The number of ether oxygens (including phenoxy) is 2. The first-order valence-corrected chi connectivity index (χ1v) is 13.4. The number of benzene rings is 5. The van der Waals surface area contributed by atoms with Crippen LogP contribution in [0, 0.1) is 5.82 Å². The van der Waals surface area contributed by atoms with E-state index in [1.54, 1.807) is 26.4 Å². The van der Waals surface area contributed by atoms with Crippen LogP contribution in [0.25, 0.3) is 55.8 Å². The monoisotopic (exact) mass is 537 g/mol. The largest absolute Gasteiger partial charge is 0.497 e. The summed E-state index contributed by atoms with van der Waals surface area (Å²) in [6, 6.07) is 41.5. The van der Waals surface area contributed by atoms with Crippen molar-refractivity contribution in [1.29, 1.82) is 0 Å². The lowest BCUT2D eigenvalue weighted by molar-refractivity contribution is 0.394. The number of pyridine rings is 1. The molecule has 0 amide bonds. The average Bonchev–Trinajstić information content (AvgIpc) is 3.05. The van der Waals surface area contributed by atoms with Crippen LogP contribution in [-0.2, 0) is 0 Å². The molecule has 0 radical (unpaired) electrons. The Balaban J connectivity index is 1.55. The van der Waals surface area contributed by atoms with E-state index in [1.807, 2.05) is 60.8 Å². The lowest BCUT2D eigenvalue weighted by Crippen LogP contribution is -1.95. The van der Waals surface area contributed by atoms with Gasteiger partial charge in [0, 0.05) is 23.4 Å². The van der Waals surface area contributed by atoms with Crippen LogP contribution < -0.4 is 9.47 Å². The molecule has 0 saturated heterocycles. The maximum absolute atomic E-state index is 14.7. The van der Waals surface area contributed by atoms with E-state index in [0.29, 0.717) is 11.5 Å². The van der Waals surface area contributed by atoms with Gasteiger partial charge in [0.05, 0.1) is 19.9 Å². The van der Waals surface area contributed by atoms with Gasteiger partial charge in [0.2, 0.25) is 0 Å². The van der Waals surface area contributed by atoms with Crippen LogP contribution in [-0.4, -0.2) is 19.2 Å². The van der Waals surface area contributed by atoms with E-state index in [4.69, 9.17) is 14.5 Å². The van der Waals surface area contributed by atoms with Gasteiger partial charge in [0.1, 0.15) is 17.3 Å². The van der Waals surface area contributed by atoms with Crippen LogP contribution in [0.5, 0.6) is 11.5 Å². The van der Waals surface area contributed by atoms with Crippen LogP contribution in [0.4, 0.5) is 4.39 Å². The summed E-state index contributed by atoms with van der Waals surface area (Å²) in [6.07, 6.45) is 1.89. The smallest absolute Gasteiger partial charge is 0.123 e. The average molecular weight is 538 g/mol. The molecule has 0 N–H and O–H groups in total. The third-order valence-corrected chi connectivity index (χ3v) is 7.21. The highest BCUT2D eigenvalue weighted by molar-refractivity contribution is 5.93. The zero-order valence-electron chi connectivity index (χ0n) is 22.8. The molecule has 0 spiro atoms. The summed E-state index contributed by atoms with van der Waals surface area (Å²) in [6.45, 7) is 0. The Morgan fingerprint density at radius 1 is 0.463 bits per heavy atom. The van der Waals surface area contributed by atoms with Crippen LogP contribution in [0.3, 0.4) is 0 Å². The molecule has 3 nitrogen and oxygen atoms in total. The van der Waals surface area contributed by atoms with Crippen molar-refractivity contribution in [3.63, 3.8) is 0 Å². The van der Waals surface area contributed by atoms with E-state index >= 15 is 0 Å². The maximum atomic E-state index is 14.7.